The summed E-state index contributed by atoms with van der Waals surface area (Å²) in [5, 5.41) is 0. The van der Waals surface area contributed by atoms with Gasteiger partial charge >= 0.3 is 0 Å². The first kappa shape index (κ1) is 12.7. The fourth-order valence-electron chi connectivity index (χ4n) is 2.23. The normalized spacial score (nSPS) is 11.1. The maximum Gasteiger partial charge on any atom is 0.127 e. The summed E-state index contributed by atoms with van der Waals surface area (Å²) >= 11 is 0. The van der Waals surface area contributed by atoms with Crippen LogP contribution in [0, 0.1) is 0 Å². The number of nitrogens with two attached hydrogens (primary N) is 1. The van der Waals surface area contributed by atoms with Gasteiger partial charge in [-0.05, 0) is 12.5 Å². The van der Waals surface area contributed by atoms with Gasteiger partial charge in [0.05, 0.1) is 5.69 Å². The standard InChI is InChI=1S/C15H21N3/c1-4-18-14(16)13(17-15(18)11(2)3)10-12-8-6-5-7-9-12/h5-9,11H,4,10,16H2,1-3H3. The molecule has 1 aromatic heterocycles. The third-order valence-corrected chi connectivity index (χ3v) is 3.16. The summed E-state index contributed by atoms with van der Waals surface area (Å²) in [6.45, 7) is 7.29. The van der Waals surface area contributed by atoms with E-state index in [0.29, 0.717) is 5.92 Å². The molecule has 0 aliphatic carbocycles. The van der Waals surface area contributed by atoms with Crippen LogP contribution in [-0.2, 0) is 13.0 Å². The van der Waals surface area contributed by atoms with Crippen molar-refractivity contribution in [1.82, 2.24) is 9.55 Å². The lowest BCUT2D eigenvalue weighted by atomic mass is 10.1. The van der Waals surface area contributed by atoms with Crippen molar-refractivity contribution in [2.24, 2.45) is 0 Å². The van der Waals surface area contributed by atoms with Crippen molar-refractivity contribution in [3.63, 3.8) is 0 Å². The molecule has 1 heterocycles. The van der Waals surface area contributed by atoms with Gasteiger partial charge in [-0.25, -0.2) is 4.98 Å². The van der Waals surface area contributed by atoms with E-state index in [0.717, 1.165) is 30.3 Å². The molecule has 0 amide bonds. The van der Waals surface area contributed by atoms with Crippen LogP contribution in [0.3, 0.4) is 0 Å². The van der Waals surface area contributed by atoms with E-state index in [1.807, 2.05) is 18.2 Å². The first-order chi connectivity index (χ1) is 8.63. The maximum atomic E-state index is 6.20. The highest BCUT2D eigenvalue weighted by atomic mass is 15.1. The number of benzene rings is 1. The lowest BCUT2D eigenvalue weighted by molar-refractivity contribution is 0.658. The highest BCUT2D eigenvalue weighted by Gasteiger charge is 2.15. The lowest BCUT2D eigenvalue weighted by Crippen LogP contribution is -2.06. The van der Waals surface area contributed by atoms with Crippen molar-refractivity contribution in [2.75, 3.05) is 5.73 Å². The second-order valence-corrected chi connectivity index (χ2v) is 4.86. The van der Waals surface area contributed by atoms with Crippen LogP contribution in [0.1, 0.15) is 43.8 Å². The minimum Gasteiger partial charge on any atom is -0.384 e. The summed E-state index contributed by atoms with van der Waals surface area (Å²) in [6.07, 6.45) is 0.805. The number of nitrogens with zero attached hydrogens (tertiary/aromatic N) is 2. The van der Waals surface area contributed by atoms with Crippen LogP contribution in [0.5, 0.6) is 0 Å². The molecule has 96 valence electrons. The minimum absolute atomic E-state index is 0.400. The second kappa shape index (κ2) is 5.25. The van der Waals surface area contributed by atoms with E-state index in [-0.39, 0.29) is 0 Å². The largest absolute Gasteiger partial charge is 0.384 e. The monoisotopic (exact) mass is 243 g/mol. The van der Waals surface area contributed by atoms with E-state index >= 15 is 0 Å². The zero-order valence-electron chi connectivity index (χ0n) is 11.4. The van der Waals surface area contributed by atoms with Gasteiger partial charge in [-0.2, -0.15) is 0 Å². The molecule has 0 aliphatic rings. The first-order valence-electron chi connectivity index (χ1n) is 6.52. The molecular weight excluding hydrogens is 222 g/mol. The average molecular weight is 243 g/mol. The predicted molar refractivity (Wildman–Crippen MR) is 75.7 cm³/mol. The van der Waals surface area contributed by atoms with Gasteiger partial charge in [-0.1, -0.05) is 44.2 Å². The fraction of sp³-hybridized carbons (Fsp3) is 0.400. The maximum absolute atomic E-state index is 6.20. The number of nitrogen functional groups attached to an aromatic ring is 1. The molecule has 0 aliphatic heterocycles. The molecule has 0 unspecified atom stereocenters. The lowest BCUT2D eigenvalue weighted by Gasteiger charge is -2.08. The SMILES string of the molecule is CCn1c(C(C)C)nc(Cc2ccccc2)c1N. The molecule has 0 radical (unpaired) electrons. The van der Waals surface area contributed by atoms with Crippen molar-refractivity contribution >= 4 is 5.82 Å². The molecule has 0 spiro atoms. The number of hydrogen-bond acceptors (Lipinski definition) is 2. The number of anilines is 1. The minimum atomic E-state index is 0.400. The summed E-state index contributed by atoms with van der Waals surface area (Å²) in [7, 11) is 0. The van der Waals surface area contributed by atoms with E-state index in [9.17, 15) is 0 Å². The van der Waals surface area contributed by atoms with Crippen molar-refractivity contribution in [2.45, 2.75) is 39.7 Å². The van der Waals surface area contributed by atoms with Gasteiger partial charge in [0, 0.05) is 18.9 Å². The molecular formula is C15H21N3. The molecule has 3 heteroatoms. The Morgan fingerprint density at radius 3 is 2.39 bits per heavy atom. The Bertz CT molecular complexity index is 512. The van der Waals surface area contributed by atoms with Crippen molar-refractivity contribution < 1.29 is 0 Å². The zero-order valence-corrected chi connectivity index (χ0v) is 11.4. The van der Waals surface area contributed by atoms with Crippen LogP contribution >= 0.6 is 0 Å². The summed E-state index contributed by atoms with van der Waals surface area (Å²) in [6, 6.07) is 10.3. The molecule has 0 fully saturated rings. The summed E-state index contributed by atoms with van der Waals surface area (Å²) in [5.74, 6) is 2.29. The second-order valence-electron chi connectivity index (χ2n) is 4.86. The Morgan fingerprint density at radius 2 is 1.89 bits per heavy atom. The van der Waals surface area contributed by atoms with E-state index < -0.39 is 0 Å². The Labute approximate surface area is 109 Å². The Morgan fingerprint density at radius 1 is 1.22 bits per heavy atom. The molecule has 0 bridgehead atoms. The zero-order chi connectivity index (χ0) is 13.1. The molecule has 0 atom stereocenters. The quantitative estimate of drug-likeness (QED) is 0.896. The van der Waals surface area contributed by atoms with Gasteiger partial charge < -0.3 is 10.3 Å². The van der Waals surface area contributed by atoms with Crippen LogP contribution in [0.15, 0.2) is 30.3 Å². The number of imidazole rings is 1. The topological polar surface area (TPSA) is 43.8 Å². The Kier molecular flexibility index (Phi) is 3.70. The van der Waals surface area contributed by atoms with E-state index in [1.54, 1.807) is 0 Å². The molecule has 2 aromatic rings. The number of aromatic nitrogens is 2. The molecule has 2 N–H and O–H groups in total. The van der Waals surface area contributed by atoms with Gasteiger partial charge in [0.15, 0.2) is 0 Å². The van der Waals surface area contributed by atoms with Gasteiger partial charge in [0.1, 0.15) is 11.6 Å². The molecule has 0 saturated heterocycles. The van der Waals surface area contributed by atoms with Gasteiger partial charge in [-0.3, -0.25) is 0 Å². The molecule has 2 rings (SSSR count). The van der Waals surface area contributed by atoms with Crippen molar-refractivity contribution in [3.05, 3.63) is 47.4 Å². The molecule has 18 heavy (non-hydrogen) atoms. The Hall–Kier alpha value is -1.77. The Balaban J connectivity index is 2.34. The highest BCUT2D eigenvalue weighted by Crippen LogP contribution is 2.23. The molecule has 3 nitrogen and oxygen atoms in total. The smallest absolute Gasteiger partial charge is 0.127 e. The van der Waals surface area contributed by atoms with Crippen LogP contribution in [0.4, 0.5) is 5.82 Å². The van der Waals surface area contributed by atoms with Crippen LogP contribution < -0.4 is 5.73 Å². The van der Waals surface area contributed by atoms with E-state index in [1.165, 1.54) is 5.56 Å². The van der Waals surface area contributed by atoms with Crippen molar-refractivity contribution in [1.29, 1.82) is 0 Å². The first-order valence-corrected chi connectivity index (χ1v) is 6.52. The van der Waals surface area contributed by atoms with Crippen molar-refractivity contribution in [3.8, 4) is 0 Å². The summed E-state index contributed by atoms with van der Waals surface area (Å²) in [5.41, 5.74) is 8.44. The average Bonchev–Trinajstić information content (AvgIpc) is 2.68. The fourth-order valence-corrected chi connectivity index (χ4v) is 2.23. The molecule has 0 saturated carbocycles. The predicted octanol–water partition coefficient (Wildman–Crippen LogP) is 3.20. The van der Waals surface area contributed by atoms with Crippen LogP contribution in [-0.4, -0.2) is 9.55 Å². The summed E-state index contributed by atoms with van der Waals surface area (Å²) < 4.78 is 2.11. The van der Waals surface area contributed by atoms with Gasteiger partial charge in [0.2, 0.25) is 0 Å². The highest BCUT2D eigenvalue weighted by molar-refractivity contribution is 5.41. The van der Waals surface area contributed by atoms with Gasteiger partial charge in [0.25, 0.3) is 0 Å². The molecule has 1 aromatic carbocycles. The van der Waals surface area contributed by atoms with Crippen LogP contribution in [0.25, 0.3) is 0 Å². The van der Waals surface area contributed by atoms with E-state index in [2.05, 4.69) is 37.5 Å². The third kappa shape index (κ3) is 2.40. The van der Waals surface area contributed by atoms with E-state index in [4.69, 9.17) is 10.7 Å². The van der Waals surface area contributed by atoms with Crippen LogP contribution in [0.2, 0.25) is 0 Å². The summed E-state index contributed by atoms with van der Waals surface area (Å²) in [4.78, 5) is 4.71. The number of rotatable bonds is 4. The third-order valence-electron chi connectivity index (χ3n) is 3.16. The van der Waals surface area contributed by atoms with Gasteiger partial charge in [-0.15, -0.1) is 0 Å². The number of hydrogen-bond donors (Lipinski definition) is 1.